The van der Waals surface area contributed by atoms with Gasteiger partial charge in [0.25, 0.3) is 0 Å². The van der Waals surface area contributed by atoms with Gasteiger partial charge in [-0.3, -0.25) is 0 Å². The second-order valence-corrected chi connectivity index (χ2v) is 6.36. The third kappa shape index (κ3) is 3.74. The Balaban J connectivity index is 2.11. The van der Waals surface area contributed by atoms with Crippen molar-refractivity contribution in [2.75, 3.05) is 36.8 Å². The molecule has 0 amide bonds. The largest absolute Gasteiger partial charge is 0.416 e. The monoisotopic (exact) mass is 349 g/mol. The zero-order chi connectivity index (χ0) is 18.0. The van der Waals surface area contributed by atoms with Gasteiger partial charge in [-0.2, -0.15) is 13.2 Å². The Morgan fingerprint density at radius 3 is 2.28 bits per heavy atom. The van der Waals surface area contributed by atoms with Crippen LogP contribution in [0, 0.1) is 0 Å². The van der Waals surface area contributed by atoms with E-state index in [2.05, 4.69) is 5.32 Å². The molecule has 1 fully saturated rings. The van der Waals surface area contributed by atoms with Crippen LogP contribution in [0.5, 0.6) is 0 Å². The molecule has 134 valence electrons. The molecule has 1 atom stereocenters. The lowest BCUT2D eigenvalue weighted by molar-refractivity contribution is -0.138. The number of halogens is 3. The van der Waals surface area contributed by atoms with Gasteiger partial charge in [-0.25, -0.2) is 0 Å². The van der Waals surface area contributed by atoms with Gasteiger partial charge in [0, 0.05) is 43.5 Å². The molecule has 6 heteroatoms. The fraction of sp³-hybridized carbons (Fsp3) is 0.368. The quantitative estimate of drug-likeness (QED) is 0.827. The van der Waals surface area contributed by atoms with Crippen LogP contribution in [-0.4, -0.2) is 26.2 Å². The molecule has 1 unspecified atom stereocenters. The molecule has 3 nitrogen and oxygen atoms in total. The van der Waals surface area contributed by atoms with Crippen LogP contribution in [0.1, 0.15) is 29.5 Å². The molecule has 2 aromatic carbocycles. The van der Waals surface area contributed by atoms with Crippen molar-refractivity contribution in [3.05, 3.63) is 59.2 Å². The highest BCUT2D eigenvalue weighted by Crippen LogP contribution is 2.42. The maximum Gasteiger partial charge on any atom is 0.416 e. The first-order valence-corrected chi connectivity index (χ1v) is 8.39. The summed E-state index contributed by atoms with van der Waals surface area (Å²) >= 11 is 0. The Labute approximate surface area is 145 Å². The van der Waals surface area contributed by atoms with Gasteiger partial charge in [-0.05, 0) is 35.4 Å². The molecule has 0 bridgehead atoms. The molecular formula is C19H22F3N3. The molecule has 3 rings (SSSR count). The summed E-state index contributed by atoms with van der Waals surface area (Å²) in [5.41, 5.74) is 7.58. The zero-order valence-electron chi connectivity index (χ0n) is 14.1. The number of anilines is 2. The summed E-state index contributed by atoms with van der Waals surface area (Å²) < 4.78 is 41.1. The van der Waals surface area contributed by atoms with Crippen LogP contribution in [-0.2, 0) is 6.18 Å². The minimum atomic E-state index is -4.39. The molecule has 1 heterocycles. The Morgan fingerprint density at radius 2 is 1.68 bits per heavy atom. The van der Waals surface area contributed by atoms with E-state index >= 15 is 0 Å². The number of hydrogen-bond acceptors (Lipinski definition) is 3. The highest BCUT2D eigenvalue weighted by molar-refractivity contribution is 5.61. The second-order valence-electron chi connectivity index (χ2n) is 6.36. The number of benzene rings is 2. The van der Waals surface area contributed by atoms with E-state index in [-0.39, 0.29) is 5.92 Å². The molecule has 25 heavy (non-hydrogen) atoms. The summed E-state index contributed by atoms with van der Waals surface area (Å²) in [6.07, 6.45) is -4.39. The van der Waals surface area contributed by atoms with Crippen LogP contribution in [0.25, 0.3) is 0 Å². The maximum atomic E-state index is 13.7. The summed E-state index contributed by atoms with van der Waals surface area (Å²) in [4.78, 5) is 2.04. The lowest BCUT2D eigenvalue weighted by atomic mass is 9.87. The van der Waals surface area contributed by atoms with Crippen molar-refractivity contribution < 1.29 is 13.2 Å². The molecule has 1 aliphatic heterocycles. The third-order valence-corrected chi connectivity index (χ3v) is 4.72. The predicted octanol–water partition coefficient (Wildman–Crippen LogP) is 3.85. The summed E-state index contributed by atoms with van der Waals surface area (Å²) in [7, 11) is 0. The first-order chi connectivity index (χ1) is 11.9. The van der Waals surface area contributed by atoms with Crippen LogP contribution in [0.4, 0.5) is 24.5 Å². The number of hydrogen-bond donors (Lipinski definition) is 2. The lowest BCUT2D eigenvalue weighted by Crippen LogP contribution is -2.44. The van der Waals surface area contributed by atoms with Crippen LogP contribution < -0.4 is 16.0 Å². The van der Waals surface area contributed by atoms with Gasteiger partial charge in [0.1, 0.15) is 0 Å². The molecule has 0 aliphatic carbocycles. The Bertz CT molecular complexity index is 720. The van der Waals surface area contributed by atoms with Crippen molar-refractivity contribution in [3.8, 4) is 0 Å². The van der Waals surface area contributed by atoms with Crippen LogP contribution in [0.3, 0.4) is 0 Å². The van der Waals surface area contributed by atoms with E-state index in [0.717, 1.165) is 18.7 Å². The minimum absolute atomic E-state index is 0.335. The van der Waals surface area contributed by atoms with Crippen molar-refractivity contribution >= 4 is 11.4 Å². The number of alkyl halides is 3. The molecule has 1 saturated heterocycles. The van der Waals surface area contributed by atoms with Crippen molar-refractivity contribution in [2.45, 2.75) is 19.0 Å². The number of rotatable bonds is 3. The van der Waals surface area contributed by atoms with E-state index in [9.17, 15) is 13.2 Å². The Morgan fingerprint density at radius 1 is 1.04 bits per heavy atom. The standard InChI is InChI=1S/C19H22F3N3/c1-13(14-5-7-15(23)8-6-14)18-16(19(20,21)22)3-2-4-17(18)25-11-9-24-10-12-25/h2-8,13,24H,9-12,23H2,1H3. The molecule has 0 spiro atoms. The fourth-order valence-corrected chi connectivity index (χ4v) is 3.39. The normalized spacial score (nSPS) is 16.7. The number of nitrogen functional groups attached to an aromatic ring is 1. The molecule has 3 N–H and O–H groups in total. The number of nitrogens with two attached hydrogens (primary N) is 1. The van der Waals surface area contributed by atoms with Crippen molar-refractivity contribution in [3.63, 3.8) is 0 Å². The molecule has 0 saturated carbocycles. The van der Waals surface area contributed by atoms with E-state index in [1.165, 1.54) is 12.1 Å². The smallest absolute Gasteiger partial charge is 0.399 e. The predicted molar refractivity (Wildman–Crippen MR) is 94.9 cm³/mol. The maximum absolute atomic E-state index is 13.7. The van der Waals surface area contributed by atoms with Crippen LogP contribution in [0.2, 0.25) is 0 Å². The first-order valence-electron chi connectivity index (χ1n) is 8.39. The van der Waals surface area contributed by atoms with Gasteiger partial charge in [-0.1, -0.05) is 25.1 Å². The molecular weight excluding hydrogens is 327 g/mol. The van der Waals surface area contributed by atoms with Crippen LogP contribution in [0.15, 0.2) is 42.5 Å². The van der Waals surface area contributed by atoms with E-state index in [0.29, 0.717) is 30.0 Å². The minimum Gasteiger partial charge on any atom is -0.399 e. The highest BCUT2D eigenvalue weighted by Gasteiger charge is 2.36. The van der Waals surface area contributed by atoms with E-state index in [1.54, 1.807) is 30.3 Å². The van der Waals surface area contributed by atoms with Gasteiger partial charge >= 0.3 is 6.18 Å². The fourth-order valence-electron chi connectivity index (χ4n) is 3.39. The molecule has 2 aromatic rings. The zero-order valence-corrected chi connectivity index (χ0v) is 14.1. The molecule has 0 aromatic heterocycles. The average Bonchev–Trinajstić information content (AvgIpc) is 2.61. The molecule has 1 aliphatic rings. The first kappa shape index (κ1) is 17.6. The summed E-state index contributed by atoms with van der Waals surface area (Å²) in [5.74, 6) is -0.386. The van der Waals surface area contributed by atoms with E-state index in [4.69, 9.17) is 5.73 Å². The van der Waals surface area contributed by atoms with Crippen molar-refractivity contribution in [1.29, 1.82) is 0 Å². The summed E-state index contributed by atoms with van der Waals surface area (Å²) in [6.45, 7) is 4.76. The Hall–Kier alpha value is -2.21. The highest BCUT2D eigenvalue weighted by atomic mass is 19.4. The summed E-state index contributed by atoms with van der Waals surface area (Å²) in [6, 6.07) is 11.5. The van der Waals surface area contributed by atoms with E-state index in [1.807, 2.05) is 11.8 Å². The second kappa shape index (κ2) is 6.96. The molecule has 0 radical (unpaired) electrons. The van der Waals surface area contributed by atoms with Gasteiger partial charge in [-0.15, -0.1) is 0 Å². The van der Waals surface area contributed by atoms with Gasteiger partial charge < -0.3 is 16.0 Å². The summed E-state index contributed by atoms with van der Waals surface area (Å²) in [5, 5.41) is 3.24. The van der Waals surface area contributed by atoms with Gasteiger partial charge in [0.15, 0.2) is 0 Å². The number of nitrogens with zero attached hydrogens (tertiary/aromatic N) is 1. The van der Waals surface area contributed by atoms with E-state index < -0.39 is 11.7 Å². The Kier molecular flexibility index (Phi) is 4.90. The van der Waals surface area contributed by atoms with Gasteiger partial charge in [0.2, 0.25) is 0 Å². The lowest BCUT2D eigenvalue weighted by Gasteiger charge is -2.33. The average molecular weight is 349 g/mol. The van der Waals surface area contributed by atoms with Crippen molar-refractivity contribution in [1.82, 2.24) is 5.32 Å². The van der Waals surface area contributed by atoms with Crippen molar-refractivity contribution in [2.24, 2.45) is 0 Å². The number of nitrogens with one attached hydrogen (secondary N) is 1. The van der Waals surface area contributed by atoms with Crippen LogP contribution >= 0.6 is 0 Å². The number of piperazine rings is 1. The topological polar surface area (TPSA) is 41.3 Å². The SMILES string of the molecule is CC(c1ccc(N)cc1)c1c(N2CCNCC2)cccc1C(F)(F)F. The van der Waals surface area contributed by atoms with Gasteiger partial charge in [0.05, 0.1) is 5.56 Å². The third-order valence-electron chi connectivity index (χ3n) is 4.72.